The first-order valence-corrected chi connectivity index (χ1v) is 6.06. The standard InChI is InChI=1S/C10H14O4S/c1-3-9(11)8-6-7(2)4-5-10(8)15(12,13)14/h4-6,9,11H,3H2,1-2H3,(H,12,13,14)/t9-/m0/s1. The third-order valence-corrected chi connectivity index (χ3v) is 3.12. The fourth-order valence-electron chi connectivity index (χ4n) is 1.38. The summed E-state index contributed by atoms with van der Waals surface area (Å²) in [5.41, 5.74) is 1.09. The highest BCUT2D eigenvalue weighted by atomic mass is 32.2. The highest BCUT2D eigenvalue weighted by Crippen LogP contribution is 2.25. The summed E-state index contributed by atoms with van der Waals surface area (Å²) in [6.45, 7) is 3.53. The Bertz CT molecular complexity index is 450. The fourth-order valence-corrected chi connectivity index (χ4v) is 2.12. The van der Waals surface area contributed by atoms with E-state index in [1.54, 1.807) is 26.0 Å². The molecule has 0 radical (unpaired) electrons. The number of aliphatic hydroxyl groups excluding tert-OH is 1. The maximum Gasteiger partial charge on any atom is 0.294 e. The largest absolute Gasteiger partial charge is 0.388 e. The normalized spacial score (nSPS) is 13.9. The Labute approximate surface area is 89.3 Å². The van der Waals surface area contributed by atoms with Crippen molar-refractivity contribution in [1.82, 2.24) is 0 Å². The lowest BCUT2D eigenvalue weighted by Gasteiger charge is -2.12. The Morgan fingerprint density at radius 1 is 1.40 bits per heavy atom. The molecule has 0 aliphatic rings. The zero-order chi connectivity index (χ0) is 11.6. The molecule has 1 aromatic rings. The smallest absolute Gasteiger partial charge is 0.294 e. The average molecular weight is 230 g/mol. The lowest BCUT2D eigenvalue weighted by atomic mass is 10.1. The van der Waals surface area contributed by atoms with E-state index in [1.807, 2.05) is 0 Å². The molecule has 0 aliphatic heterocycles. The summed E-state index contributed by atoms with van der Waals surface area (Å²) in [6, 6.07) is 4.45. The van der Waals surface area contributed by atoms with Gasteiger partial charge in [-0.05, 0) is 19.4 Å². The van der Waals surface area contributed by atoms with Crippen molar-refractivity contribution in [2.45, 2.75) is 31.3 Å². The predicted octanol–water partition coefficient (Wildman–Crippen LogP) is 1.69. The predicted molar refractivity (Wildman–Crippen MR) is 56.2 cm³/mol. The molecule has 84 valence electrons. The number of benzene rings is 1. The molecule has 2 N–H and O–H groups in total. The molecule has 0 bridgehead atoms. The summed E-state index contributed by atoms with van der Waals surface area (Å²) in [4.78, 5) is -0.220. The number of aliphatic hydroxyl groups is 1. The minimum Gasteiger partial charge on any atom is -0.388 e. The molecule has 0 heterocycles. The van der Waals surface area contributed by atoms with Crippen LogP contribution in [0, 0.1) is 6.92 Å². The second kappa shape index (κ2) is 4.30. The van der Waals surface area contributed by atoms with Gasteiger partial charge >= 0.3 is 0 Å². The Hall–Kier alpha value is -0.910. The Kier molecular flexibility index (Phi) is 3.49. The quantitative estimate of drug-likeness (QED) is 0.775. The van der Waals surface area contributed by atoms with Crippen LogP contribution in [0.4, 0.5) is 0 Å². The number of aryl methyl sites for hydroxylation is 1. The van der Waals surface area contributed by atoms with Crippen molar-refractivity contribution in [3.8, 4) is 0 Å². The molecule has 1 atom stereocenters. The topological polar surface area (TPSA) is 74.6 Å². The SMILES string of the molecule is CC[C@H](O)c1cc(C)ccc1S(=O)(=O)O. The molecule has 1 aromatic carbocycles. The van der Waals surface area contributed by atoms with Gasteiger partial charge in [-0.25, -0.2) is 0 Å². The molecule has 15 heavy (non-hydrogen) atoms. The molecule has 0 spiro atoms. The van der Waals surface area contributed by atoms with Gasteiger partial charge in [-0.2, -0.15) is 8.42 Å². The van der Waals surface area contributed by atoms with Gasteiger partial charge in [-0.1, -0.05) is 24.6 Å². The van der Waals surface area contributed by atoms with E-state index in [0.29, 0.717) is 6.42 Å². The molecule has 4 nitrogen and oxygen atoms in total. The van der Waals surface area contributed by atoms with Gasteiger partial charge in [-0.15, -0.1) is 0 Å². The summed E-state index contributed by atoms with van der Waals surface area (Å²) < 4.78 is 31.0. The van der Waals surface area contributed by atoms with Gasteiger partial charge in [0.15, 0.2) is 0 Å². The maximum absolute atomic E-state index is 11.0. The molecule has 0 amide bonds. The molecule has 0 unspecified atom stereocenters. The third kappa shape index (κ3) is 2.77. The molecule has 0 saturated heterocycles. The van der Waals surface area contributed by atoms with Gasteiger partial charge < -0.3 is 5.11 Å². The molecule has 0 aliphatic carbocycles. The van der Waals surface area contributed by atoms with Crippen molar-refractivity contribution >= 4 is 10.1 Å². The monoisotopic (exact) mass is 230 g/mol. The van der Waals surface area contributed by atoms with E-state index >= 15 is 0 Å². The van der Waals surface area contributed by atoms with Crippen molar-refractivity contribution in [3.05, 3.63) is 29.3 Å². The van der Waals surface area contributed by atoms with Crippen molar-refractivity contribution in [2.75, 3.05) is 0 Å². The Morgan fingerprint density at radius 2 is 2.00 bits per heavy atom. The highest BCUT2D eigenvalue weighted by molar-refractivity contribution is 7.85. The van der Waals surface area contributed by atoms with Crippen molar-refractivity contribution < 1.29 is 18.1 Å². The summed E-state index contributed by atoms with van der Waals surface area (Å²) in [5, 5.41) is 9.62. The van der Waals surface area contributed by atoms with Crippen LogP contribution in [0.1, 0.15) is 30.6 Å². The van der Waals surface area contributed by atoms with E-state index < -0.39 is 16.2 Å². The maximum atomic E-state index is 11.0. The lowest BCUT2D eigenvalue weighted by molar-refractivity contribution is 0.170. The summed E-state index contributed by atoms with van der Waals surface area (Å²) >= 11 is 0. The van der Waals surface area contributed by atoms with Gasteiger partial charge in [0.1, 0.15) is 0 Å². The van der Waals surface area contributed by atoms with Crippen LogP contribution >= 0.6 is 0 Å². The van der Waals surface area contributed by atoms with Crippen LogP contribution in [-0.4, -0.2) is 18.1 Å². The van der Waals surface area contributed by atoms with Crippen molar-refractivity contribution in [2.24, 2.45) is 0 Å². The van der Waals surface area contributed by atoms with Gasteiger partial charge in [0.05, 0.1) is 11.0 Å². The van der Waals surface area contributed by atoms with Gasteiger partial charge in [0.2, 0.25) is 0 Å². The third-order valence-electron chi connectivity index (χ3n) is 2.19. The number of hydrogen-bond acceptors (Lipinski definition) is 3. The van der Waals surface area contributed by atoms with Gasteiger partial charge in [-0.3, -0.25) is 4.55 Å². The first-order valence-electron chi connectivity index (χ1n) is 4.62. The summed E-state index contributed by atoms with van der Waals surface area (Å²) in [5.74, 6) is 0. The lowest BCUT2D eigenvalue weighted by Crippen LogP contribution is -2.07. The first kappa shape index (κ1) is 12.2. The second-order valence-electron chi connectivity index (χ2n) is 3.44. The van der Waals surface area contributed by atoms with Crippen LogP contribution in [-0.2, 0) is 10.1 Å². The zero-order valence-electron chi connectivity index (χ0n) is 8.64. The molecule has 1 rings (SSSR count). The minimum absolute atomic E-state index is 0.220. The van der Waals surface area contributed by atoms with E-state index in [-0.39, 0.29) is 10.5 Å². The van der Waals surface area contributed by atoms with E-state index in [2.05, 4.69) is 0 Å². The molecule has 0 fully saturated rings. The Morgan fingerprint density at radius 3 is 2.47 bits per heavy atom. The molecule has 0 aromatic heterocycles. The average Bonchev–Trinajstić information content (AvgIpc) is 2.14. The van der Waals surface area contributed by atoms with Crippen molar-refractivity contribution in [3.63, 3.8) is 0 Å². The van der Waals surface area contributed by atoms with Crippen LogP contribution in [0.3, 0.4) is 0 Å². The summed E-state index contributed by atoms with van der Waals surface area (Å²) in [6.07, 6.45) is -0.478. The van der Waals surface area contributed by atoms with Crippen LogP contribution in [0.2, 0.25) is 0 Å². The highest BCUT2D eigenvalue weighted by Gasteiger charge is 2.19. The minimum atomic E-state index is -4.27. The van der Waals surface area contributed by atoms with E-state index in [9.17, 15) is 13.5 Å². The van der Waals surface area contributed by atoms with Gasteiger partial charge in [0.25, 0.3) is 10.1 Å². The van der Waals surface area contributed by atoms with Crippen LogP contribution in [0.25, 0.3) is 0 Å². The second-order valence-corrected chi connectivity index (χ2v) is 4.83. The zero-order valence-corrected chi connectivity index (χ0v) is 9.45. The number of hydrogen-bond donors (Lipinski definition) is 2. The first-order chi connectivity index (χ1) is 6.86. The van der Waals surface area contributed by atoms with E-state index in [1.165, 1.54) is 6.07 Å². The molecular weight excluding hydrogens is 216 g/mol. The molecule has 0 saturated carbocycles. The van der Waals surface area contributed by atoms with Crippen molar-refractivity contribution in [1.29, 1.82) is 0 Å². The van der Waals surface area contributed by atoms with Crippen LogP contribution in [0.5, 0.6) is 0 Å². The van der Waals surface area contributed by atoms with Gasteiger partial charge in [0, 0.05) is 5.56 Å². The summed E-state index contributed by atoms with van der Waals surface area (Å²) in [7, 11) is -4.27. The fraction of sp³-hybridized carbons (Fsp3) is 0.400. The van der Waals surface area contributed by atoms with Crippen LogP contribution in [0.15, 0.2) is 23.1 Å². The van der Waals surface area contributed by atoms with E-state index in [4.69, 9.17) is 4.55 Å². The molecule has 5 heteroatoms. The van der Waals surface area contributed by atoms with Crippen LogP contribution < -0.4 is 0 Å². The van der Waals surface area contributed by atoms with E-state index in [0.717, 1.165) is 5.56 Å². The molecular formula is C10H14O4S. The Balaban J connectivity index is 3.40. The number of rotatable bonds is 3.